The van der Waals surface area contributed by atoms with Crippen LogP contribution in [0.5, 0.6) is 0 Å². The Labute approximate surface area is 104 Å². The minimum absolute atomic E-state index is 0.347. The number of benzene rings is 1. The summed E-state index contributed by atoms with van der Waals surface area (Å²) in [5, 5.41) is 8.76. The van der Waals surface area contributed by atoms with Crippen molar-refractivity contribution >= 4 is 10.0 Å². The largest absolute Gasteiger partial charge is 0.241 e. The molecule has 0 spiro atoms. The fraction of sp³-hybridized carbons (Fsp3) is 0.364. The van der Waals surface area contributed by atoms with Crippen LogP contribution in [0.4, 0.5) is 8.78 Å². The molecule has 0 aliphatic heterocycles. The van der Waals surface area contributed by atoms with Crippen LogP contribution in [-0.2, 0) is 10.0 Å². The Morgan fingerprint density at radius 3 is 2.56 bits per heavy atom. The van der Waals surface area contributed by atoms with Crippen LogP contribution in [-0.4, -0.2) is 14.5 Å². The highest BCUT2D eigenvalue weighted by molar-refractivity contribution is 7.89. The first-order chi connectivity index (χ1) is 8.40. The third kappa shape index (κ3) is 3.48. The van der Waals surface area contributed by atoms with Crippen molar-refractivity contribution in [3.05, 3.63) is 29.8 Å². The number of nitrogens with zero attached hydrogens (tertiary/aromatic N) is 1. The zero-order valence-corrected chi connectivity index (χ0v) is 10.5. The third-order valence-electron chi connectivity index (χ3n) is 2.23. The molecule has 4 nitrogen and oxygen atoms in total. The van der Waals surface area contributed by atoms with Gasteiger partial charge >= 0.3 is 0 Å². The molecule has 0 radical (unpaired) electrons. The van der Waals surface area contributed by atoms with E-state index in [-0.39, 0.29) is 0 Å². The van der Waals surface area contributed by atoms with Gasteiger partial charge in [0.25, 0.3) is 0 Å². The normalized spacial score (nSPS) is 13.0. The highest BCUT2D eigenvalue weighted by Crippen LogP contribution is 2.14. The zero-order chi connectivity index (χ0) is 13.8. The van der Waals surface area contributed by atoms with Crippen molar-refractivity contribution in [2.24, 2.45) is 0 Å². The molecule has 7 heteroatoms. The van der Waals surface area contributed by atoms with Gasteiger partial charge in [-0.05, 0) is 24.6 Å². The van der Waals surface area contributed by atoms with Gasteiger partial charge in [0.1, 0.15) is 6.04 Å². The van der Waals surface area contributed by atoms with Crippen LogP contribution in [0.25, 0.3) is 0 Å². The number of hydrogen-bond donors (Lipinski definition) is 1. The second-order valence-corrected chi connectivity index (χ2v) is 5.38. The molecule has 1 atom stereocenters. The van der Waals surface area contributed by atoms with Gasteiger partial charge < -0.3 is 0 Å². The minimum Gasteiger partial charge on any atom is -0.207 e. The molecule has 0 saturated carbocycles. The Morgan fingerprint density at radius 1 is 1.39 bits per heavy atom. The van der Waals surface area contributed by atoms with E-state index in [1.165, 1.54) is 0 Å². The highest BCUT2D eigenvalue weighted by Gasteiger charge is 2.20. The molecule has 0 aliphatic carbocycles. The first-order valence-corrected chi connectivity index (χ1v) is 6.76. The van der Waals surface area contributed by atoms with Crippen LogP contribution in [0.15, 0.2) is 23.1 Å². The smallest absolute Gasteiger partial charge is 0.207 e. The molecule has 1 N–H and O–H groups in total. The summed E-state index contributed by atoms with van der Waals surface area (Å²) in [7, 11) is -4.01. The topological polar surface area (TPSA) is 70.0 Å². The fourth-order valence-electron chi connectivity index (χ4n) is 1.34. The molecule has 18 heavy (non-hydrogen) atoms. The van der Waals surface area contributed by atoms with E-state index in [0.717, 1.165) is 12.1 Å². The molecule has 0 amide bonds. The van der Waals surface area contributed by atoms with E-state index in [0.29, 0.717) is 18.9 Å². The Kier molecular flexibility index (Phi) is 4.76. The molecule has 1 rings (SSSR count). The van der Waals surface area contributed by atoms with Gasteiger partial charge in [-0.3, -0.25) is 0 Å². The lowest BCUT2D eigenvalue weighted by Crippen LogP contribution is -2.33. The number of rotatable bonds is 5. The minimum atomic E-state index is -4.01. The standard InChI is InChI=1S/C11H12F2N2O2S/c1-2-3-8(7-14)15-18(16,17)9-4-5-10(12)11(13)6-9/h4-6,8,15H,2-3H2,1H3. The molecule has 98 valence electrons. The molecule has 1 aromatic carbocycles. The van der Waals surface area contributed by atoms with Gasteiger partial charge in [-0.2, -0.15) is 9.98 Å². The monoisotopic (exact) mass is 274 g/mol. The Hall–Kier alpha value is -1.52. The first-order valence-electron chi connectivity index (χ1n) is 5.27. The summed E-state index contributed by atoms with van der Waals surface area (Å²) in [5.74, 6) is -2.37. The van der Waals surface area contributed by atoms with Gasteiger partial charge in [0.2, 0.25) is 10.0 Å². The molecule has 1 aromatic rings. The van der Waals surface area contributed by atoms with E-state index in [1.807, 2.05) is 0 Å². The second-order valence-electron chi connectivity index (χ2n) is 3.67. The number of nitriles is 1. The lowest BCUT2D eigenvalue weighted by Gasteiger charge is -2.11. The Balaban J connectivity index is 2.99. The second kappa shape index (κ2) is 5.89. The summed E-state index contributed by atoms with van der Waals surface area (Å²) in [6.45, 7) is 1.80. The summed E-state index contributed by atoms with van der Waals surface area (Å²) in [5.41, 5.74) is 0. The van der Waals surface area contributed by atoms with E-state index in [1.54, 1.807) is 13.0 Å². The van der Waals surface area contributed by atoms with Gasteiger partial charge in [-0.15, -0.1) is 0 Å². The van der Waals surface area contributed by atoms with E-state index in [4.69, 9.17) is 5.26 Å². The molecule has 0 fully saturated rings. The summed E-state index contributed by atoms with van der Waals surface area (Å²) in [6.07, 6.45) is 0.970. The number of hydrogen-bond acceptors (Lipinski definition) is 3. The van der Waals surface area contributed by atoms with Crippen LogP contribution in [0.2, 0.25) is 0 Å². The van der Waals surface area contributed by atoms with Crippen molar-refractivity contribution < 1.29 is 17.2 Å². The fourth-order valence-corrected chi connectivity index (χ4v) is 2.52. The van der Waals surface area contributed by atoms with Gasteiger partial charge in [0, 0.05) is 0 Å². The van der Waals surface area contributed by atoms with Crippen molar-refractivity contribution in [1.82, 2.24) is 4.72 Å². The van der Waals surface area contributed by atoms with Crippen molar-refractivity contribution in [3.63, 3.8) is 0 Å². The predicted molar refractivity (Wildman–Crippen MR) is 61.0 cm³/mol. The van der Waals surface area contributed by atoms with Crippen molar-refractivity contribution in [2.45, 2.75) is 30.7 Å². The molecule has 0 aromatic heterocycles. The lowest BCUT2D eigenvalue weighted by atomic mass is 10.2. The molecule has 0 bridgehead atoms. The van der Waals surface area contributed by atoms with Crippen LogP contribution < -0.4 is 4.72 Å². The van der Waals surface area contributed by atoms with Crippen molar-refractivity contribution in [3.8, 4) is 6.07 Å². The summed E-state index contributed by atoms with van der Waals surface area (Å²) >= 11 is 0. The van der Waals surface area contributed by atoms with E-state index < -0.39 is 32.6 Å². The van der Waals surface area contributed by atoms with Crippen LogP contribution in [0.1, 0.15) is 19.8 Å². The lowest BCUT2D eigenvalue weighted by molar-refractivity contribution is 0.503. The third-order valence-corrected chi connectivity index (χ3v) is 3.70. The average molecular weight is 274 g/mol. The molecule has 1 unspecified atom stereocenters. The van der Waals surface area contributed by atoms with Crippen molar-refractivity contribution in [1.29, 1.82) is 5.26 Å². The van der Waals surface area contributed by atoms with Gasteiger partial charge in [0.15, 0.2) is 11.6 Å². The first kappa shape index (κ1) is 14.5. The summed E-state index contributed by atoms with van der Waals surface area (Å²) in [6, 6.07) is 3.17. The number of sulfonamides is 1. The quantitative estimate of drug-likeness (QED) is 0.892. The molecule has 0 saturated heterocycles. The Bertz CT molecular complexity index is 567. The van der Waals surface area contributed by atoms with Gasteiger partial charge in [0.05, 0.1) is 11.0 Å². The van der Waals surface area contributed by atoms with Gasteiger partial charge in [-0.1, -0.05) is 13.3 Å². The molecular formula is C11H12F2N2O2S. The summed E-state index contributed by atoms with van der Waals surface area (Å²) in [4.78, 5) is -0.405. The number of halogens is 2. The zero-order valence-electron chi connectivity index (χ0n) is 9.65. The van der Waals surface area contributed by atoms with Crippen LogP contribution >= 0.6 is 0 Å². The van der Waals surface area contributed by atoms with Crippen molar-refractivity contribution in [2.75, 3.05) is 0 Å². The molecule has 0 heterocycles. The Morgan fingerprint density at radius 2 is 2.06 bits per heavy atom. The SMILES string of the molecule is CCCC(C#N)NS(=O)(=O)c1ccc(F)c(F)c1. The maximum atomic E-state index is 12.9. The van der Waals surface area contributed by atoms with E-state index in [2.05, 4.69) is 4.72 Å². The maximum Gasteiger partial charge on any atom is 0.241 e. The van der Waals surface area contributed by atoms with Crippen LogP contribution in [0, 0.1) is 23.0 Å². The average Bonchev–Trinajstić information content (AvgIpc) is 2.31. The van der Waals surface area contributed by atoms with E-state index >= 15 is 0 Å². The number of nitrogens with one attached hydrogen (secondary N) is 1. The maximum absolute atomic E-state index is 12.9. The molecular weight excluding hydrogens is 262 g/mol. The van der Waals surface area contributed by atoms with E-state index in [9.17, 15) is 17.2 Å². The predicted octanol–water partition coefficient (Wildman–Crippen LogP) is 1.94. The molecule has 0 aliphatic rings. The highest BCUT2D eigenvalue weighted by atomic mass is 32.2. The summed E-state index contributed by atoms with van der Waals surface area (Å²) < 4.78 is 51.3. The van der Waals surface area contributed by atoms with Crippen LogP contribution in [0.3, 0.4) is 0 Å². The van der Waals surface area contributed by atoms with Gasteiger partial charge in [-0.25, -0.2) is 17.2 Å².